The summed E-state index contributed by atoms with van der Waals surface area (Å²) in [5.41, 5.74) is 0. The Kier molecular flexibility index (Phi) is 6.65. The molecule has 13 heavy (non-hydrogen) atoms. The maximum atomic E-state index is 10.8. The van der Waals surface area contributed by atoms with E-state index < -0.39 is 0 Å². The average molecular weight is 186 g/mol. The molecule has 0 saturated heterocycles. The van der Waals surface area contributed by atoms with E-state index in [9.17, 15) is 4.79 Å². The minimum Gasteiger partial charge on any atom is -0.463 e. The molecule has 0 aromatic carbocycles. The number of esters is 1. The summed E-state index contributed by atoms with van der Waals surface area (Å²) in [7, 11) is 0. The van der Waals surface area contributed by atoms with Gasteiger partial charge in [0.25, 0.3) is 0 Å². The number of hydrogen-bond donors (Lipinski definition) is 0. The van der Waals surface area contributed by atoms with Gasteiger partial charge in [-0.3, -0.25) is 4.79 Å². The van der Waals surface area contributed by atoms with Gasteiger partial charge in [0, 0.05) is 6.92 Å². The van der Waals surface area contributed by atoms with Gasteiger partial charge in [-0.1, -0.05) is 27.2 Å². The third-order valence-electron chi connectivity index (χ3n) is 2.01. The second kappa shape index (κ2) is 6.93. The molecule has 1 unspecified atom stereocenters. The number of ether oxygens (including phenoxy) is 1. The van der Waals surface area contributed by atoms with Crippen molar-refractivity contribution < 1.29 is 9.53 Å². The van der Waals surface area contributed by atoms with Gasteiger partial charge in [0.05, 0.1) is 0 Å². The van der Waals surface area contributed by atoms with Crippen molar-refractivity contribution >= 4 is 5.97 Å². The van der Waals surface area contributed by atoms with Gasteiger partial charge >= 0.3 is 5.97 Å². The minimum absolute atomic E-state index is 0.143. The molecule has 0 bridgehead atoms. The number of hydrogen-bond acceptors (Lipinski definition) is 2. The smallest absolute Gasteiger partial charge is 0.302 e. The molecule has 0 amide bonds. The van der Waals surface area contributed by atoms with Crippen molar-refractivity contribution in [2.75, 3.05) is 0 Å². The Bertz CT molecular complexity index is 141. The fourth-order valence-corrected chi connectivity index (χ4v) is 1.34. The zero-order valence-electron chi connectivity index (χ0n) is 9.30. The first-order chi connectivity index (χ1) is 6.06. The van der Waals surface area contributed by atoms with Crippen LogP contribution in [0.25, 0.3) is 0 Å². The van der Waals surface area contributed by atoms with E-state index >= 15 is 0 Å². The summed E-state index contributed by atoms with van der Waals surface area (Å²) in [5, 5.41) is 0. The van der Waals surface area contributed by atoms with Crippen LogP contribution in [0.2, 0.25) is 0 Å². The zero-order chi connectivity index (χ0) is 10.3. The zero-order valence-corrected chi connectivity index (χ0v) is 9.30. The van der Waals surface area contributed by atoms with Crippen LogP contribution in [-0.4, -0.2) is 12.1 Å². The second-order valence-corrected chi connectivity index (χ2v) is 3.99. The lowest BCUT2D eigenvalue weighted by molar-refractivity contribution is -0.147. The Morgan fingerprint density at radius 2 is 1.85 bits per heavy atom. The van der Waals surface area contributed by atoms with E-state index in [2.05, 4.69) is 20.8 Å². The summed E-state index contributed by atoms with van der Waals surface area (Å²) < 4.78 is 5.20. The molecule has 78 valence electrons. The van der Waals surface area contributed by atoms with E-state index in [1.54, 1.807) is 0 Å². The largest absolute Gasteiger partial charge is 0.463 e. The maximum Gasteiger partial charge on any atom is 0.302 e. The fourth-order valence-electron chi connectivity index (χ4n) is 1.34. The number of rotatable bonds is 6. The highest BCUT2D eigenvalue weighted by molar-refractivity contribution is 5.66. The molecule has 0 aliphatic carbocycles. The van der Waals surface area contributed by atoms with Crippen LogP contribution in [0.4, 0.5) is 0 Å². The van der Waals surface area contributed by atoms with Crippen LogP contribution in [0.3, 0.4) is 0 Å². The molecule has 0 aliphatic heterocycles. The highest BCUT2D eigenvalue weighted by Crippen LogP contribution is 2.13. The Labute approximate surface area is 81.7 Å². The number of carbonyl (C=O) groups is 1. The van der Waals surface area contributed by atoms with Crippen LogP contribution >= 0.6 is 0 Å². The topological polar surface area (TPSA) is 26.3 Å². The lowest BCUT2D eigenvalue weighted by atomic mass is 10.0. The van der Waals surface area contributed by atoms with E-state index in [1.807, 2.05) is 0 Å². The van der Waals surface area contributed by atoms with Crippen molar-refractivity contribution in [3.63, 3.8) is 0 Å². The molecule has 0 spiro atoms. The molecule has 0 radical (unpaired) electrons. The first kappa shape index (κ1) is 12.5. The normalized spacial score (nSPS) is 13.0. The average Bonchev–Trinajstić information content (AvgIpc) is 1.99. The van der Waals surface area contributed by atoms with Gasteiger partial charge in [0.2, 0.25) is 0 Å². The van der Waals surface area contributed by atoms with E-state index in [1.165, 1.54) is 6.92 Å². The van der Waals surface area contributed by atoms with Crippen molar-refractivity contribution in [3.05, 3.63) is 0 Å². The molecule has 0 aliphatic rings. The van der Waals surface area contributed by atoms with E-state index in [0.717, 1.165) is 25.7 Å². The molecule has 1 atom stereocenters. The van der Waals surface area contributed by atoms with Crippen LogP contribution in [0.15, 0.2) is 0 Å². The lowest BCUT2D eigenvalue weighted by Crippen LogP contribution is -2.16. The van der Waals surface area contributed by atoms with E-state index in [-0.39, 0.29) is 12.1 Å². The SMILES string of the molecule is CCCC(CCC(C)C)OC(C)=O. The van der Waals surface area contributed by atoms with E-state index in [4.69, 9.17) is 4.74 Å². The summed E-state index contributed by atoms with van der Waals surface area (Å²) >= 11 is 0. The van der Waals surface area contributed by atoms with Crippen LogP contribution in [0.1, 0.15) is 53.4 Å². The van der Waals surface area contributed by atoms with Gasteiger partial charge in [-0.15, -0.1) is 0 Å². The second-order valence-electron chi connectivity index (χ2n) is 3.99. The Morgan fingerprint density at radius 3 is 2.23 bits per heavy atom. The van der Waals surface area contributed by atoms with Crippen molar-refractivity contribution in [2.24, 2.45) is 5.92 Å². The molecular formula is C11H22O2. The first-order valence-electron chi connectivity index (χ1n) is 5.23. The predicted octanol–water partition coefficient (Wildman–Crippen LogP) is 3.15. The summed E-state index contributed by atoms with van der Waals surface area (Å²) in [6.45, 7) is 7.98. The Hall–Kier alpha value is -0.530. The first-order valence-corrected chi connectivity index (χ1v) is 5.23. The van der Waals surface area contributed by atoms with Crippen molar-refractivity contribution in [2.45, 2.75) is 59.5 Å². The molecule has 0 fully saturated rings. The van der Waals surface area contributed by atoms with Crippen LogP contribution in [0.5, 0.6) is 0 Å². The fraction of sp³-hybridized carbons (Fsp3) is 0.909. The summed E-state index contributed by atoms with van der Waals surface area (Å²) in [4.78, 5) is 10.8. The molecule has 0 heterocycles. The maximum absolute atomic E-state index is 10.8. The van der Waals surface area contributed by atoms with Crippen LogP contribution in [-0.2, 0) is 9.53 Å². The van der Waals surface area contributed by atoms with Crippen LogP contribution < -0.4 is 0 Å². The summed E-state index contributed by atoms with van der Waals surface area (Å²) in [6.07, 6.45) is 4.36. The van der Waals surface area contributed by atoms with Gasteiger partial charge in [-0.25, -0.2) is 0 Å². The van der Waals surface area contributed by atoms with E-state index in [0.29, 0.717) is 5.92 Å². The third kappa shape index (κ3) is 7.82. The third-order valence-corrected chi connectivity index (χ3v) is 2.01. The molecule has 0 rings (SSSR count). The molecule has 2 nitrogen and oxygen atoms in total. The quantitative estimate of drug-likeness (QED) is 0.596. The predicted molar refractivity (Wildman–Crippen MR) is 54.5 cm³/mol. The van der Waals surface area contributed by atoms with Gasteiger partial charge in [-0.05, 0) is 25.2 Å². The van der Waals surface area contributed by atoms with Crippen molar-refractivity contribution in [1.29, 1.82) is 0 Å². The molecule has 0 aromatic rings. The van der Waals surface area contributed by atoms with Gasteiger partial charge in [0.1, 0.15) is 6.10 Å². The summed E-state index contributed by atoms with van der Waals surface area (Å²) in [5.74, 6) is 0.539. The number of carbonyl (C=O) groups excluding carboxylic acids is 1. The Balaban J connectivity index is 3.72. The Morgan fingerprint density at radius 1 is 1.23 bits per heavy atom. The molecule has 0 N–H and O–H groups in total. The lowest BCUT2D eigenvalue weighted by Gasteiger charge is -2.17. The van der Waals surface area contributed by atoms with Crippen molar-refractivity contribution in [3.8, 4) is 0 Å². The molecular weight excluding hydrogens is 164 g/mol. The van der Waals surface area contributed by atoms with Crippen molar-refractivity contribution in [1.82, 2.24) is 0 Å². The molecule has 0 saturated carbocycles. The van der Waals surface area contributed by atoms with Crippen LogP contribution in [0, 0.1) is 5.92 Å². The highest BCUT2D eigenvalue weighted by Gasteiger charge is 2.11. The van der Waals surface area contributed by atoms with Gasteiger partial charge in [-0.2, -0.15) is 0 Å². The van der Waals surface area contributed by atoms with Gasteiger partial charge < -0.3 is 4.74 Å². The minimum atomic E-state index is -0.151. The molecule has 2 heteroatoms. The highest BCUT2D eigenvalue weighted by atomic mass is 16.5. The summed E-state index contributed by atoms with van der Waals surface area (Å²) in [6, 6.07) is 0. The molecule has 0 aromatic heterocycles. The van der Waals surface area contributed by atoms with Gasteiger partial charge in [0.15, 0.2) is 0 Å². The monoisotopic (exact) mass is 186 g/mol. The standard InChI is InChI=1S/C11H22O2/c1-5-6-11(13-10(4)12)8-7-9(2)3/h9,11H,5-8H2,1-4H3.